The minimum absolute atomic E-state index is 0.0631. The highest BCUT2D eigenvalue weighted by Crippen LogP contribution is 2.43. The Morgan fingerprint density at radius 3 is 2.41 bits per heavy atom. The highest BCUT2D eigenvalue weighted by molar-refractivity contribution is 8.00. The number of benzene rings is 3. The largest absolute Gasteiger partial charge is 0.322 e. The fourth-order valence-corrected chi connectivity index (χ4v) is 5.15. The number of carbonyl (C=O) groups excluding carboxylic acids is 2. The normalized spacial score (nSPS) is 15.8. The molecule has 1 heterocycles. The minimum Gasteiger partial charge on any atom is -0.322 e. The summed E-state index contributed by atoms with van der Waals surface area (Å²) in [6, 6.07) is 23.7. The van der Waals surface area contributed by atoms with Crippen LogP contribution in [-0.2, 0) is 17.6 Å². The Kier molecular flexibility index (Phi) is 6.96. The number of hydrogen-bond donors (Lipinski definition) is 1. The molecule has 1 fully saturated rings. The van der Waals surface area contributed by atoms with Gasteiger partial charge < -0.3 is 5.32 Å². The van der Waals surface area contributed by atoms with E-state index in [0.717, 1.165) is 36.2 Å². The second-order valence-corrected chi connectivity index (χ2v) is 9.00. The SMILES string of the molecule is CCCc1ccccc1N1C(=O)CS[C@H]1c1ccc(NC(=O)c2ccc(CC)cc2)cc1. The van der Waals surface area contributed by atoms with Gasteiger partial charge in [0.15, 0.2) is 0 Å². The van der Waals surface area contributed by atoms with Crippen molar-refractivity contribution in [3.8, 4) is 0 Å². The molecule has 3 aromatic rings. The van der Waals surface area contributed by atoms with Gasteiger partial charge in [0.2, 0.25) is 5.91 Å². The van der Waals surface area contributed by atoms with Crippen LogP contribution in [-0.4, -0.2) is 17.6 Å². The predicted molar refractivity (Wildman–Crippen MR) is 133 cm³/mol. The molecule has 4 nitrogen and oxygen atoms in total. The van der Waals surface area contributed by atoms with Gasteiger partial charge in [-0.2, -0.15) is 0 Å². The van der Waals surface area contributed by atoms with Crippen LogP contribution in [0, 0.1) is 0 Å². The van der Waals surface area contributed by atoms with Crippen LogP contribution in [0.1, 0.15) is 52.7 Å². The van der Waals surface area contributed by atoms with Crippen molar-refractivity contribution in [3.63, 3.8) is 0 Å². The van der Waals surface area contributed by atoms with E-state index in [1.54, 1.807) is 11.8 Å². The average molecular weight is 445 g/mol. The third-order valence-corrected chi connectivity index (χ3v) is 6.93. The smallest absolute Gasteiger partial charge is 0.255 e. The molecule has 5 heteroatoms. The lowest BCUT2D eigenvalue weighted by Gasteiger charge is -2.26. The second-order valence-electron chi connectivity index (χ2n) is 7.93. The summed E-state index contributed by atoms with van der Waals surface area (Å²) in [5.74, 6) is 0.481. The minimum atomic E-state index is -0.124. The summed E-state index contributed by atoms with van der Waals surface area (Å²) in [4.78, 5) is 27.3. The molecule has 1 saturated heterocycles. The van der Waals surface area contributed by atoms with Crippen LogP contribution in [0.4, 0.5) is 11.4 Å². The van der Waals surface area contributed by atoms with E-state index in [2.05, 4.69) is 25.2 Å². The Hall–Kier alpha value is -3.05. The molecule has 1 aliphatic rings. The number of anilines is 2. The van der Waals surface area contributed by atoms with Crippen LogP contribution in [0.25, 0.3) is 0 Å². The monoisotopic (exact) mass is 444 g/mol. The van der Waals surface area contributed by atoms with Gasteiger partial charge >= 0.3 is 0 Å². The van der Waals surface area contributed by atoms with Gasteiger partial charge in [0.1, 0.15) is 5.37 Å². The van der Waals surface area contributed by atoms with Gasteiger partial charge in [0.25, 0.3) is 5.91 Å². The zero-order chi connectivity index (χ0) is 22.5. The van der Waals surface area contributed by atoms with Crippen molar-refractivity contribution in [2.24, 2.45) is 0 Å². The zero-order valence-corrected chi connectivity index (χ0v) is 19.3. The first-order chi connectivity index (χ1) is 15.6. The quantitative estimate of drug-likeness (QED) is 0.470. The van der Waals surface area contributed by atoms with Gasteiger partial charge in [-0.25, -0.2) is 0 Å². The van der Waals surface area contributed by atoms with Gasteiger partial charge in [-0.15, -0.1) is 11.8 Å². The van der Waals surface area contributed by atoms with E-state index < -0.39 is 0 Å². The van der Waals surface area contributed by atoms with Crippen LogP contribution in [0.3, 0.4) is 0 Å². The van der Waals surface area contributed by atoms with E-state index in [1.165, 1.54) is 11.1 Å². The van der Waals surface area contributed by atoms with Crippen LogP contribution in [0.15, 0.2) is 72.8 Å². The molecule has 1 N–H and O–H groups in total. The number of aryl methyl sites for hydroxylation is 2. The van der Waals surface area contributed by atoms with E-state index >= 15 is 0 Å². The first-order valence-corrected chi connectivity index (χ1v) is 12.2. The molecule has 3 aromatic carbocycles. The third-order valence-electron chi connectivity index (χ3n) is 5.72. The van der Waals surface area contributed by atoms with Crippen LogP contribution >= 0.6 is 11.8 Å². The van der Waals surface area contributed by atoms with Gasteiger partial charge in [-0.1, -0.05) is 62.7 Å². The van der Waals surface area contributed by atoms with E-state index in [9.17, 15) is 9.59 Å². The van der Waals surface area contributed by atoms with Gasteiger partial charge in [-0.3, -0.25) is 14.5 Å². The fourth-order valence-electron chi connectivity index (χ4n) is 3.98. The van der Waals surface area contributed by atoms with Crippen molar-refractivity contribution in [3.05, 3.63) is 95.1 Å². The first kappa shape index (κ1) is 22.2. The standard InChI is InChI=1S/C27H28N2O2S/c1-3-7-20-8-5-6-9-24(20)29-25(30)18-32-27(29)22-14-16-23(17-15-22)28-26(31)21-12-10-19(4-2)11-13-21/h5-6,8-17,27H,3-4,7,18H2,1-2H3,(H,28,31)/t27-/m0/s1. The van der Waals surface area contributed by atoms with Crippen LogP contribution < -0.4 is 10.2 Å². The molecular formula is C27H28N2O2S. The Morgan fingerprint density at radius 1 is 1.00 bits per heavy atom. The van der Waals surface area contributed by atoms with Gasteiger partial charge in [-0.05, 0) is 59.9 Å². The summed E-state index contributed by atoms with van der Waals surface area (Å²) < 4.78 is 0. The number of nitrogens with zero attached hydrogens (tertiary/aromatic N) is 1. The molecule has 0 saturated carbocycles. The lowest BCUT2D eigenvalue weighted by Crippen LogP contribution is -2.28. The van der Waals surface area contributed by atoms with E-state index in [-0.39, 0.29) is 17.2 Å². The number of amides is 2. The average Bonchev–Trinajstić information content (AvgIpc) is 3.21. The molecule has 0 radical (unpaired) electrons. The second kappa shape index (κ2) is 10.0. The van der Waals surface area contributed by atoms with Gasteiger partial charge in [0, 0.05) is 16.9 Å². The van der Waals surface area contributed by atoms with Gasteiger partial charge in [0.05, 0.1) is 5.75 Å². The zero-order valence-electron chi connectivity index (χ0n) is 18.5. The number of rotatable bonds is 7. The maximum Gasteiger partial charge on any atom is 0.255 e. The lowest BCUT2D eigenvalue weighted by atomic mass is 10.1. The molecule has 164 valence electrons. The van der Waals surface area contributed by atoms with Crippen LogP contribution in [0.5, 0.6) is 0 Å². The third kappa shape index (κ3) is 4.73. The van der Waals surface area contributed by atoms with Crippen LogP contribution in [0.2, 0.25) is 0 Å². The number of nitrogens with one attached hydrogen (secondary N) is 1. The highest BCUT2D eigenvalue weighted by Gasteiger charge is 2.34. The maximum absolute atomic E-state index is 12.8. The van der Waals surface area contributed by atoms with Crippen molar-refractivity contribution < 1.29 is 9.59 Å². The van der Waals surface area contributed by atoms with E-state index in [4.69, 9.17) is 0 Å². The fraction of sp³-hybridized carbons (Fsp3) is 0.259. The number of carbonyl (C=O) groups is 2. The molecule has 1 atom stereocenters. The molecule has 4 rings (SSSR count). The summed E-state index contributed by atoms with van der Waals surface area (Å²) in [6.07, 6.45) is 2.93. The summed E-state index contributed by atoms with van der Waals surface area (Å²) in [6.45, 7) is 4.25. The van der Waals surface area contributed by atoms with Crippen molar-refractivity contribution in [1.82, 2.24) is 0 Å². The summed E-state index contributed by atoms with van der Waals surface area (Å²) in [5, 5.41) is 2.90. The molecular weight excluding hydrogens is 416 g/mol. The number of hydrogen-bond acceptors (Lipinski definition) is 3. The molecule has 0 aromatic heterocycles. The highest BCUT2D eigenvalue weighted by atomic mass is 32.2. The van der Waals surface area contributed by atoms with Crippen molar-refractivity contribution in [2.75, 3.05) is 16.0 Å². The first-order valence-electron chi connectivity index (χ1n) is 11.1. The summed E-state index contributed by atoms with van der Waals surface area (Å²) in [7, 11) is 0. The van der Waals surface area contributed by atoms with E-state index in [1.807, 2.05) is 71.6 Å². The molecule has 0 unspecified atom stereocenters. The summed E-state index contributed by atoms with van der Waals surface area (Å²) in [5.41, 5.74) is 5.85. The Balaban J connectivity index is 1.51. The summed E-state index contributed by atoms with van der Waals surface area (Å²) >= 11 is 1.64. The number of para-hydroxylation sites is 1. The maximum atomic E-state index is 12.8. The Labute approximate surface area is 194 Å². The molecule has 0 bridgehead atoms. The predicted octanol–water partition coefficient (Wildman–Crippen LogP) is 6.23. The Bertz CT molecular complexity index is 1090. The topological polar surface area (TPSA) is 49.4 Å². The van der Waals surface area contributed by atoms with Crippen molar-refractivity contribution in [2.45, 2.75) is 38.5 Å². The molecule has 1 aliphatic heterocycles. The Morgan fingerprint density at radius 2 is 1.72 bits per heavy atom. The molecule has 32 heavy (non-hydrogen) atoms. The molecule has 0 aliphatic carbocycles. The van der Waals surface area contributed by atoms with E-state index in [0.29, 0.717) is 11.3 Å². The molecule has 0 spiro atoms. The number of thioether (sulfide) groups is 1. The lowest BCUT2D eigenvalue weighted by molar-refractivity contribution is -0.115. The van der Waals surface area contributed by atoms with Crippen molar-refractivity contribution >= 4 is 35.0 Å². The molecule has 2 amide bonds. The van der Waals surface area contributed by atoms with Crippen molar-refractivity contribution in [1.29, 1.82) is 0 Å².